The van der Waals surface area contributed by atoms with Crippen molar-refractivity contribution in [1.82, 2.24) is 9.97 Å². The van der Waals surface area contributed by atoms with Crippen molar-refractivity contribution in [3.8, 4) is 0 Å². The number of hydrogen-bond donors (Lipinski definition) is 2. The lowest BCUT2D eigenvalue weighted by molar-refractivity contribution is 0.572. The van der Waals surface area contributed by atoms with Crippen LogP contribution in [0.2, 0.25) is 0 Å². The third-order valence-corrected chi connectivity index (χ3v) is 6.81. The lowest BCUT2D eigenvalue weighted by Crippen LogP contribution is -2.36. The van der Waals surface area contributed by atoms with Gasteiger partial charge in [0.25, 0.3) is 0 Å². The summed E-state index contributed by atoms with van der Waals surface area (Å²) in [5.74, 6) is 1.17. The zero-order valence-electron chi connectivity index (χ0n) is 12.0. The maximum absolute atomic E-state index is 11.7. The molecule has 3 rings (SSSR count). The third kappa shape index (κ3) is 2.82. The SMILES string of the molecule is CCc1cc2c(NC3(C)CCS(=O)(=O)C3)nc(N)nc2s1. The van der Waals surface area contributed by atoms with Gasteiger partial charge in [-0.25, -0.2) is 13.4 Å². The Kier molecular flexibility index (Phi) is 3.32. The summed E-state index contributed by atoms with van der Waals surface area (Å²) in [6.07, 6.45) is 1.50. The number of rotatable bonds is 3. The molecule has 0 amide bonds. The second kappa shape index (κ2) is 4.81. The van der Waals surface area contributed by atoms with Crippen LogP contribution < -0.4 is 11.1 Å². The first-order valence-electron chi connectivity index (χ1n) is 6.85. The molecule has 0 saturated carbocycles. The van der Waals surface area contributed by atoms with Crippen LogP contribution >= 0.6 is 11.3 Å². The maximum atomic E-state index is 11.7. The van der Waals surface area contributed by atoms with Gasteiger partial charge in [0.1, 0.15) is 10.6 Å². The molecule has 2 aromatic rings. The lowest BCUT2D eigenvalue weighted by atomic mass is 10.0. The van der Waals surface area contributed by atoms with E-state index >= 15 is 0 Å². The van der Waals surface area contributed by atoms with E-state index in [1.54, 1.807) is 11.3 Å². The van der Waals surface area contributed by atoms with Gasteiger partial charge in [-0.2, -0.15) is 4.98 Å². The Bertz CT molecular complexity index is 800. The topological polar surface area (TPSA) is 98.0 Å². The maximum Gasteiger partial charge on any atom is 0.223 e. The summed E-state index contributed by atoms with van der Waals surface area (Å²) in [5.41, 5.74) is 5.27. The van der Waals surface area contributed by atoms with Gasteiger partial charge in [-0.05, 0) is 25.8 Å². The molecule has 0 aromatic carbocycles. The number of nitrogens with zero attached hydrogens (tertiary/aromatic N) is 2. The molecule has 0 aliphatic carbocycles. The number of hydrogen-bond acceptors (Lipinski definition) is 7. The van der Waals surface area contributed by atoms with E-state index in [1.165, 1.54) is 4.88 Å². The lowest BCUT2D eigenvalue weighted by Gasteiger charge is -2.25. The highest BCUT2D eigenvalue weighted by atomic mass is 32.2. The predicted octanol–water partition coefficient (Wildman–Crippen LogP) is 1.82. The highest BCUT2D eigenvalue weighted by molar-refractivity contribution is 7.91. The number of nitrogen functional groups attached to an aromatic ring is 1. The molecule has 6 nitrogen and oxygen atoms in total. The minimum absolute atomic E-state index is 0.121. The number of aryl methyl sites for hydroxylation is 1. The fourth-order valence-electron chi connectivity index (χ4n) is 2.65. The molecule has 114 valence electrons. The van der Waals surface area contributed by atoms with E-state index in [9.17, 15) is 8.42 Å². The first-order chi connectivity index (χ1) is 9.80. The second-order valence-corrected chi connectivity index (χ2v) is 9.04. The van der Waals surface area contributed by atoms with E-state index in [4.69, 9.17) is 5.73 Å². The van der Waals surface area contributed by atoms with Crippen LogP contribution in [-0.4, -0.2) is 35.4 Å². The average Bonchev–Trinajstić information content (AvgIpc) is 2.90. The van der Waals surface area contributed by atoms with Crippen molar-refractivity contribution in [1.29, 1.82) is 0 Å². The molecule has 1 unspecified atom stereocenters. The molecule has 21 heavy (non-hydrogen) atoms. The molecule has 1 aliphatic heterocycles. The van der Waals surface area contributed by atoms with Crippen LogP contribution in [0.3, 0.4) is 0 Å². The van der Waals surface area contributed by atoms with Crippen LogP contribution in [-0.2, 0) is 16.3 Å². The molecule has 2 aromatic heterocycles. The van der Waals surface area contributed by atoms with E-state index in [2.05, 4.69) is 28.3 Å². The fraction of sp³-hybridized carbons (Fsp3) is 0.538. The first-order valence-corrected chi connectivity index (χ1v) is 9.49. The smallest absolute Gasteiger partial charge is 0.223 e. The van der Waals surface area contributed by atoms with Crippen LogP contribution in [0.4, 0.5) is 11.8 Å². The number of nitrogens with two attached hydrogens (primary N) is 1. The normalized spacial score (nSPS) is 24.5. The quantitative estimate of drug-likeness (QED) is 0.893. The number of fused-ring (bicyclic) bond motifs is 1. The summed E-state index contributed by atoms with van der Waals surface area (Å²) in [6, 6.07) is 2.05. The van der Waals surface area contributed by atoms with Crippen LogP contribution in [0, 0.1) is 0 Å². The minimum Gasteiger partial charge on any atom is -0.368 e. The largest absolute Gasteiger partial charge is 0.368 e. The molecule has 1 atom stereocenters. The zero-order valence-corrected chi connectivity index (χ0v) is 13.6. The fourth-order valence-corrected chi connectivity index (χ4v) is 5.72. The van der Waals surface area contributed by atoms with Crippen molar-refractivity contribution in [2.45, 2.75) is 32.2 Å². The molecule has 0 spiro atoms. The number of sulfone groups is 1. The average molecular weight is 326 g/mol. The summed E-state index contributed by atoms with van der Waals surface area (Å²) < 4.78 is 23.4. The zero-order chi connectivity index (χ0) is 15.3. The van der Waals surface area contributed by atoms with Crippen molar-refractivity contribution in [2.75, 3.05) is 22.6 Å². The number of aromatic nitrogens is 2. The van der Waals surface area contributed by atoms with Gasteiger partial charge < -0.3 is 11.1 Å². The summed E-state index contributed by atoms with van der Waals surface area (Å²) in [4.78, 5) is 10.6. The van der Waals surface area contributed by atoms with Crippen molar-refractivity contribution < 1.29 is 8.42 Å². The molecule has 3 heterocycles. The Morgan fingerprint density at radius 3 is 2.86 bits per heavy atom. The predicted molar refractivity (Wildman–Crippen MR) is 86.5 cm³/mol. The summed E-state index contributed by atoms with van der Waals surface area (Å²) in [5, 5.41) is 4.20. The van der Waals surface area contributed by atoms with Gasteiger partial charge in [0, 0.05) is 4.88 Å². The van der Waals surface area contributed by atoms with Crippen LogP contribution in [0.1, 0.15) is 25.1 Å². The number of nitrogens with one attached hydrogen (secondary N) is 1. The van der Waals surface area contributed by atoms with Gasteiger partial charge >= 0.3 is 0 Å². The summed E-state index contributed by atoms with van der Waals surface area (Å²) in [6.45, 7) is 3.99. The molecular formula is C13H18N4O2S2. The van der Waals surface area contributed by atoms with Crippen molar-refractivity contribution in [3.63, 3.8) is 0 Å². The monoisotopic (exact) mass is 326 g/mol. The van der Waals surface area contributed by atoms with Gasteiger partial charge in [-0.15, -0.1) is 11.3 Å². The van der Waals surface area contributed by atoms with Crippen LogP contribution in [0.25, 0.3) is 10.2 Å². The molecule has 3 N–H and O–H groups in total. The van der Waals surface area contributed by atoms with Crippen molar-refractivity contribution >= 4 is 43.2 Å². The van der Waals surface area contributed by atoms with Gasteiger partial charge in [0.2, 0.25) is 5.95 Å². The highest BCUT2D eigenvalue weighted by Crippen LogP contribution is 2.33. The van der Waals surface area contributed by atoms with Gasteiger partial charge in [0.15, 0.2) is 9.84 Å². The summed E-state index contributed by atoms with van der Waals surface area (Å²) >= 11 is 1.59. The Morgan fingerprint density at radius 1 is 1.48 bits per heavy atom. The van der Waals surface area contributed by atoms with Gasteiger partial charge in [0.05, 0.1) is 22.4 Å². The Labute approximate surface area is 127 Å². The third-order valence-electron chi connectivity index (χ3n) is 3.73. The van der Waals surface area contributed by atoms with Crippen LogP contribution in [0.15, 0.2) is 6.07 Å². The van der Waals surface area contributed by atoms with Crippen LogP contribution in [0.5, 0.6) is 0 Å². The Hall–Kier alpha value is -1.41. The van der Waals surface area contributed by atoms with E-state index in [0.717, 1.165) is 16.6 Å². The van der Waals surface area contributed by atoms with E-state index in [0.29, 0.717) is 12.2 Å². The molecule has 1 saturated heterocycles. The molecule has 1 aliphatic rings. The van der Waals surface area contributed by atoms with E-state index in [1.807, 2.05) is 6.92 Å². The molecule has 1 fully saturated rings. The molecule has 0 radical (unpaired) electrons. The molecule has 8 heteroatoms. The Morgan fingerprint density at radius 2 is 2.24 bits per heavy atom. The second-order valence-electron chi connectivity index (χ2n) is 5.74. The first kappa shape index (κ1) is 14.5. The molecule has 0 bridgehead atoms. The van der Waals surface area contributed by atoms with Gasteiger partial charge in [-0.1, -0.05) is 6.92 Å². The van der Waals surface area contributed by atoms with Gasteiger partial charge in [-0.3, -0.25) is 0 Å². The van der Waals surface area contributed by atoms with E-state index < -0.39 is 15.4 Å². The summed E-state index contributed by atoms with van der Waals surface area (Å²) in [7, 11) is -2.97. The number of anilines is 2. The Balaban J connectivity index is 2.02. The molecular weight excluding hydrogens is 308 g/mol. The minimum atomic E-state index is -2.97. The van der Waals surface area contributed by atoms with E-state index in [-0.39, 0.29) is 17.5 Å². The van der Waals surface area contributed by atoms with Crippen molar-refractivity contribution in [3.05, 3.63) is 10.9 Å². The number of thiophene rings is 1. The van der Waals surface area contributed by atoms with Crippen molar-refractivity contribution in [2.24, 2.45) is 0 Å². The highest BCUT2D eigenvalue weighted by Gasteiger charge is 2.39. The standard InChI is InChI=1S/C13H18N4O2S2/c1-3-8-6-9-10(15-12(14)16-11(9)20-8)17-13(2)4-5-21(18,19)7-13/h6H,3-5,7H2,1-2H3,(H3,14,15,16,17).